The molecule has 32 heavy (non-hydrogen) atoms. The molecule has 14 heteroatoms. The number of esters is 2. The maximum Gasteiger partial charge on any atom is 0.438 e. The van der Waals surface area contributed by atoms with Crippen molar-refractivity contribution in [3.05, 3.63) is 54.6 Å². The Morgan fingerprint density at radius 1 is 1.03 bits per heavy atom. The second kappa shape index (κ2) is 8.43. The molecule has 0 N–H and O–H groups in total. The number of carbonyl (C=O) groups is 2. The van der Waals surface area contributed by atoms with Gasteiger partial charge in [-0.1, -0.05) is 24.8 Å². The highest BCUT2D eigenvalue weighted by atomic mass is 32.2. The quantitative estimate of drug-likeness (QED) is 0.203. The van der Waals surface area contributed by atoms with Crippen molar-refractivity contribution in [1.82, 2.24) is 0 Å². The Balaban J connectivity index is 2.59. The van der Waals surface area contributed by atoms with Crippen molar-refractivity contribution in [2.24, 2.45) is 0 Å². The van der Waals surface area contributed by atoms with Gasteiger partial charge in [-0.3, -0.25) is 0 Å². The third-order valence-corrected chi connectivity index (χ3v) is 4.78. The average Bonchev–Trinajstić information content (AvgIpc) is 2.64. The highest BCUT2D eigenvalue weighted by Gasteiger charge is 2.75. The van der Waals surface area contributed by atoms with E-state index in [1.165, 1.54) is 18.2 Å². The molecular weight excluding hydrogens is 474 g/mol. The van der Waals surface area contributed by atoms with Gasteiger partial charge in [0.1, 0.15) is 5.75 Å². The summed E-state index contributed by atoms with van der Waals surface area (Å²) in [6.45, 7) is 3.16. The number of alkyl halides is 6. The summed E-state index contributed by atoms with van der Waals surface area (Å²) in [5.41, 5.74) is -6.48. The van der Waals surface area contributed by atoms with Gasteiger partial charge >= 0.3 is 29.9 Å². The second-order valence-corrected chi connectivity index (χ2v) is 7.64. The number of hydrogen-bond donors (Lipinski definition) is 0. The second-order valence-electron chi connectivity index (χ2n) is 6.23. The molecule has 0 spiro atoms. The fraction of sp³-hybridized carbons (Fsp3) is 0.222. The summed E-state index contributed by atoms with van der Waals surface area (Å²) in [4.78, 5) is 23.6. The molecule has 0 fully saturated rings. The zero-order chi connectivity index (χ0) is 24.5. The van der Waals surface area contributed by atoms with Crippen LogP contribution in [0.25, 0.3) is 10.8 Å². The predicted molar refractivity (Wildman–Crippen MR) is 94.6 cm³/mol. The Morgan fingerprint density at radius 3 is 2.12 bits per heavy atom. The van der Waals surface area contributed by atoms with E-state index in [0.29, 0.717) is 0 Å². The van der Waals surface area contributed by atoms with Gasteiger partial charge in [-0.25, -0.2) is 18.0 Å². The molecule has 0 amide bonds. The van der Waals surface area contributed by atoms with Crippen LogP contribution in [0, 0.1) is 0 Å². The number of fused-ring (bicyclic) bond motifs is 1. The number of benzene rings is 2. The van der Waals surface area contributed by atoms with Crippen LogP contribution in [0.2, 0.25) is 0 Å². The van der Waals surface area contributed by atoms with Crippen LogP contribution in [0.15, 0.2) is 49.1 Å². The van der Waals surface area contributed by atoms with E-state index >= 15 is 0 Å². The van der Waals surface area contributed by atoms with Crippen LogP contribution < -0.4 is 4.74 Å². The molecule has 0 saturated heterocycles. The fourth-order valence-corrected chi connectivity index (χ4v) is 3.43. The molecular formula is C18H11F6O7S-. The van der Waals surface area contributed by atoms with Gasteiger partial charge in [-0.05, 0) is 23.6 Å². The minimum absolute atomic E-state index is 0.0711. The minimum atomic E-state index is -6.50. The first kappa shape index (κ1) is 25.1. The van der Waals surface area contributed by atoms with Gasteiger partial charge in [0.05, 0.1) is 21.4 Å². The number of carbonyl (C=O) groups excluding carboxylic acids is 2. The third kappa shape index (κ3) is 5.19. The van der Waals surface area contributed by atoms with Crippen LogP contribution in [0.1, 0.15) is 10.4 Å². The highest BCUT2D eigenvalue weighted by molar-refractivity contribution is 7.85. The molecule has 0 aliphatic rings. The maximum absolute atomic E-state index is 13.3. The monoisotopic (exact) mass is 485 g/mol. The summed E-state index contributed by atoms with van der Waals surface area (Å²) in [6, 6.07) is 6.72. The Hall–Kier alpha value is -3.13. The molecule has 0 unspecified atom stereocenters. The Kier molecular flexibility index (Phi) is 6.62. The number of ether oxygens (including phenoxy) is 2. The summed E-state index contributed by atoms with van der Waals surface area (Å²) in [7, 11) is -6.17. The van der Waals surface area contributed by atoms with Crippen molar-refractivity contribution < 1.29 is 58.4 Å². The zero-order valence-corrected chi connectivity index (χ0v) is 16.3. The summed E-state index contributed by atoms with van der Waals surface area (Å²) >= 11 is 0. The molecule has 0 saturated carbocycles. The summed E-state index contributed by atoms with van der Waals surface area (Å²) in [5, 5.41) is 0.203. The normalized spacial score (nSPS) is 13.0. The summed E-state index contributed by atoms with van der Waals surface area (Å²) < 4.78 is 121. The van der Waals surface area contributed by atoms with Gasteiger partial charge in [0.25, 0.3) is 0 Å². The summed E-state index contributed by atoms with van der Waals surface area (Å²) in [6.07, 6.45) is -12.2. The molecule has 0 aliphatic carbocycles. The van der Waals surface area contributed by atoms with E-state index in [9.17, 15) is 48.9 Å². The first-order chi connectivity index (χ1) is 14.5. The molecule has 2 rings (SSSR count). The van der Waals surface area contributed by atoms with Crippen LogP contribution >= 0.6 is 0 Å². The summed E-state index contributed by atoms with van der Waals surface area (Å²) in [5.74, 6) is -6.49. The highest BCUT2D eigenvalue weighted by Crippen LogP contribution is 2.47. The fourth-order valence-electron chi connectivity index (χ4n) is 2.55. The van der Waals surface area contributed by atoms with E-state index in [4.69, 9.17) is 4.74 Å². The Morgan fingerprint density at radius 2 is 1.62 bits per heavy atom. The Bertz CT molecular complexity index is 1150. The molecule has 174 valence electrons. The lowest BCUT2D eigenvalue weighted by molar-refractivity contribution is -0.356. The molecule has 0 bridgehead atoms. The van der Waals surface area contributed by atoms with Crippen molar-refractivity contribution in [1.29, 1.82) is 0 Å². The van der Waals surface area contributed by atoms with Gasteiger partial charge in [0.2, 0.25) is 0 Å². The van der Waals surface area contributed by atoms with Crippen LogP contribution in [-0.2, 0) is 19.6 Å². The van der Waals surface area contributed by atoms with E-state index < -0.39 is 51.3 Å². The molecule has 0 aliphatic heterocycles. The first-order valence-electron chi connectivity index (χ1n) is 8.18. The van der Waals surface area contributed by atoms with Crippen molar-refractivity contribution >= 4 is 32.8 Å². The standard InChI is InChI=1S/C18H12F6O7S/c1-2-14(25)30-13-5-3-4-10-6-7-11(8-12(10)13)15(26)31-16(17(19,20)21,18(22,23)24)9-32(27,28)29/h2-8H,1,9H2,(H,27,28,29)/p-1. The molecule has 0 heterocycles. The lowest BCUT2D eigenvalue weighted by Crippen LogP contribution is -2.63. The number of rotatable bonds is 6. The SMILES string of the molecule is C=CC(=O)Oc1cccc2ccc(C(=O)OC(CS(=O)(=O)[O-])(C(F)(F)F)C(F)(F)F)cc12. The van der Waals surface area contributed by atoms with Crippen molar-refractivity contribution in [2.75, 3.05) is 5.75 Å². The van der Waals surface area contributed by atoms with Crippen molar-refractivity contribution in [2.45, 2.75) is 18.0 Å². The molecule has 0 radical (unpaired) electrons. The van der Waals surface area contributed by atoms with E-state index in [1.807, 2.05) is 0 Å². The minimum Gasteiger partial charge on any atom is -0.748 e. The van der Waals surface area contributed by atoms with E-state index in [-0.39, 0.29) is 16.5 Å². The Labute approximate surface area is 176 Å². The zero-order valence-electron chi connectivity index (χ0n) is 15.5. The first-order valence-corrected chi connectivity index (χ1v) is 9.76. The lowest BCUT2D eigenvalue weighted by atomic mass is 10.0. The van der Waals surface area contributed by atoms with E-state index in [1.54, 1.807) is 0 Å². The topological polar surface area (TPSA) is 110 Å². The lowest BCUT2D eigenvalue weighted by Gasteiger charge is -2.36. The van der Waals surface area contributed by atoms with E-state index in [2.05, 4.69) is 11.3 Å². The largest absolute Gasteiger partial charge is 0.748 e. The molecule has 2 aromatic carbocycles. The van der Waals surface area contributed by atoms with Gasteiger partial charge in [0, 0.05) is 11.5 Å². The van der Waals surface area contributed by atoms with Crippen LogP contribution in [0.5, 0.6) is 5.75 Å². The average molecular weight is 485 g/mol. The molecule has 2 aromatic rings. The van der Waals surface area contributed by atoms with Crippen molar-refractivity contribution in [3.63, 3.8) is 0 Å². The van der Waals surface area contributed by atoms with Crippen molar-refractivity contribution in [3.8, 4) is 5.75 Å². The van der Waals surface area contributed by atoms with Crippen LogP contribution in [0.3, 0.4) is 0 Å². The van der Waals surface area contributed by atoms with Crippen LogP contribution in [0.4, 0.5) is 26.3 Å². The smallest absolute Gasteiger partial charge is 0.438 e. The van der Waals surface area contributed by atoms with Gasteiger partial charge in [-0.15, -0.1) is 0 Å². The molecule has 0 aromatic heterocycles. The van der Waals surface area contributed by atoms with Gasteiger partial charge in [0.15, 0.2) is 0 Å². The molecule has 0 atom stereocenters. The van der Waals surface area contributed by atoms with Gasteiger partial charge in [-0.2, -0.15) is 26.3 Å². The molecule has 7 nitrogen and oxygen atoms in total. The number of halogens is 6. The van der Waals surface area contributed by atoms with Crippen LogP contribution in [-0.4, -0.2) is 48.6 Å². The van der Waals surface area contributed by atoms with Gasteiger partial charge < -0.3 is 14.0 Å². The predicted octanol–water partition coefficient (Wildman–Crippen LogP) is 3.50. The third-order valence-electron chi connectivity index (χ3n) is 4.02. The van der Waals surface area contributed by atoms with E-state index in [0.717, 1.165) is 24.3 Å². The number of hydrogen-bond acceptors (Lipinski definition) is 7. The maximum atomic E-state index is 13.3.